The predicted molar refractivity (Wildman–Crippen MR) is 70.8 cm³/mol. The highest BCUT2D eigenvalue weighted by atomic mass is 32.1. The highest BCUT2D eigenvalue weighted by Crippen LogP contribution is 2.26. The van der Waals surface area contributed by atoms with Crippen LogP contribution in [-0.4, -0.2) is 17.8 Å². The Morgan fingerprint density at radius 2 is 2.19 bits per heavy atom. The van der Waals surface area contributed by atoms with Crippen molar-refractivity contribution in [2.45, 2.75) is 46.3 Å². The van der Waals surface area contributed by atoms with Gasteiger partial charge in [0.15, 0.2) is 0 Å². The molecule has 0 bridgehead atoms. The Labute approximate surface area is 103 Å². The van der Waals surface area contributed by atoms with E-state index in [1.807, 2.05) is 6.92 Å². The van der Waals surface area contributed by atoms with E-state index in [4.69, 9.17) is 0 Å². The molecule has 1 aromatic heterocycles. The van der Waals surface area contributed by atoms with E-state index >= 15 is 0 Å². The molecule has 0 saturated heterocycles. The first-order valence-corrected chi connectivity index (χ1v) is 6.87. The first kappa shape index (κ1) is 13.7. The van der Waals surface area contributed by atoms with Crippen LogP contribution in [0.15, 0.2) is 16.8 Å². The number of thiophene rings is 1. The monoisotopic (exact) mass is 241 g/mol. The molecule has 1 rings (SSSR count). The second kappa shape index (κ2) is 5.80. The molecule has 0 fully saturated rings. The summed E-state index contributed by atoms with van der Waals surface area (Å²) in [5, 5.41) is 17.5. The summed E-state index contributed by atoms with van der Waals surface area (Å²) in [6, 6.07) is 2.50. The van der Waals surface area contributed by atoms with Gasteiger partial charge in [0.1, 0.15) is 0 Å². The van der Waals surface area contributed by atoms with E-state index in [-0.39, 0.29) is 11.5 Å². The van der Waals surface area contributed by atoms with Gasteiger partial charge in [-0.1, -0.05) is 13.8 Å². The molecule has 92 valence electrons. The molecule has 0 spiro atoms. The molecule has 2 nitrogen and oxygen atoms in total. The van der Waals surface area contributed by atoms with E-state index in [0.717, 1.165) is 13.0 Å². The third-order valence-corrected chi connectivity index (χ3v) is 4.37. The summed E-state index contributed by atoms with van der Waals surface area (Å²) in [5.41, 5.74) is 1.29. The molecule has 0 aromatic carbocycles. The summed E-state index contributed by atoms with van der Waals surface area (Å²) < 4.78 is 0. The number of nitrogens with one attached hydrogen (secondary N) is 1. The molecule has 16 heavy (non-hydrogen) atoms. The van der Waals surface area contributed by atoms with E-state index in [9.17, 15) is 5.11 Å². The van der Waals surface area contributed by atoms with Crippen molar-refractivity contribution < 1.29 is 5.11 Å². The van der Waals surface area contributed by atoms with Crippen molar-refractivity contribution >= 4 is 11.3 Å². The van der Waals surface area contributed by atoms with Crippen molar-refractivity contribution in [2.24, 2.45) is 5.41 Å². The lowest BCUT2D eigenvalue weighted by Gasteiger charge is -2.33. The Kier molecular flexibility index (Phi) is 4.96. The van der Waals surface area contributed by atoms with Crippen molar-refractivity contribution in [3.63, 3.8) is 0 Å². The van der Waals surface area contributed by atoms with E-state index in [0.29, 0.717) is 6.04 Å². The van der Waals surface area contributed by atoms with Gasteiger partial charge in [0.05, 0.1) is 6.10 Å². The quantitative estimate of drug-likeness (QED) is 0.801. The minimum absolute atomic E-state index is 0.0374. The number of hydrogen-bond acceptors (Lipinski definition) is 3. The molecule has 3 unspecified atom stereocenters. The van der Waals surface area contributed by atoms with Crippen LogP contribution in [0.2, 0.25) is 0 Å². The van der Waals surface area contributed by atoms with Crippen molar-refractivity contribution in [1.82, 2.24) is 5.32 Å². The molecular weight excluding hydrogens is 218 g/mol. The van der Waals surface area contributed by atoms with Crippen molar-refractivity contribution in [1.29, 1.82) is 0 Å². The lowest BCUT2D eigenvalue weighted by atomic mass is 9.82. The van der Waals surface area contributed by atoms with E-state index < -0.39 is 0 Å². The van der Waals surface area contributed by atoms with Gasteiger partial charge in [0, 0.05) is 18.0 Å². The highest BCUT2D eigenvalue weighted by Gasteiger charge is 2.28. The summed E-state index contributed by atoms with van der Waals surface area (Å²) >= 11 is 1.72. The highest BCUT2D eigenvalue weighted by molar-refractivity contribution is 7.07. The van der Waals surface area contributed by atoms with Crippen LogP contribution in [0, 0.1) is 5.41 Å². The molecule has 0 amide bonds. The topological polar surface area (TPSA) is 32.3 Å². The van der Waals surface area contributed by atoms with Crippen LogP contribution in [0.1, 0.15) is 45.7 Å². The molecule has 0 aliphatic rings. The van der Waals surface area contributed by atoms with Crippen molar-refractivity contribution in [2.75, 3.05) is 6.54 Å². The van der Waals surface area contributed by atoms with Gasteiger partial charge in [-0.25, -0.2) is 0 Å². The maximum atomic E-state index is 9.78. The number of rotatable bonds is 6. The van der Waals surface area contributed by atoms with Gasteiger partial charge in [0.2, 0.25) is 0 Å². The summed E-state index contributed by atoms with van der Waals surface area (Å²) in [5.74, 6) is 0. The molecule has 2 N–H and O–H groups in total. The minimum atomic E-state index is -0.278. The maximum Gasteiger partial charge on any atom is 0.0577 e. The first-order chi connectivity index (χ1) is 7.49. The average Bonchev–Trinajstić information content (AvgIpc) is 2.78. The number of aliphatic hydroxyl groups excluding tert-OH is 1. The van der Waals surface area contributed by atoms with Gasteiger partial charge in [-0.15, -0.1) is 0 Å². The van der Waals surface area contributed by atoms with Crippen LogP contribution < -0.4 is 5.32 Å². The fourth-order valence-electron chi connectivity index (χ4n) is 1.59. The Balaban J connectivity index is 2.50. The molecule has 0 aliphatic carbocycles. The second-order valence-corrected chi connectivity index (χ2v) is 5.62. The van der Waals surface area contributed by atoms with Crippen molar-refractivity contribution in [3.05, 3.63) is 22.4 Å². The minimum Gasteiger partial charge on any atom is -0.393 e. The number of hydrogen-bond donors (Lipinski definition) is 2. The van der Waals surface area contributed by atoms with Gasteiger partial charge >= 0.3 is 0 Å². The summed E-state index contributed by atoms with van der Waals surface area (Å²) in [7, 11) is 0. The smallest absolute Gasteiger partial charge is 0.0577 e. The van der Waals surface area contributed by atoms with E-state index in [1.165, 1.54) is 5.56 Å². The Hall–Kier alpha value is -0.380. The Bertz CT molecular complexity index is 297. The third kappa shape index (κ3) is 3.30. The third-order valence-electron chi connectivity index (χ3n) is 3.67. The standard InChI is InChI=1S/C13H23NOS/c1-5-13(4,11(3)15)9-14-10(2)12-6-7-16-8-12/h6-8,10-11,14-15H,5,9H2,1-4H3. The SMILES string of the molecule is CCC(C)(CNC(C)c1ccsc1)C(C)O. The average molecular weight is 241 g/mol. The predicted octanol–water partition coefficient (Wildman–Crippen LogP) is 3.20. The van der Waals surface area contributed by atoms with Crippen LogP contribution >= 0.6 is 11.3 Å². The zero-order valence-electron chi connectivity index (χ0n) is 10.7. The largest absolute Gasteiger partial charge is 0.393 e. The number of aliphatic hydroxyl groups is 1. The van der Waals surface area contributed by atoms with Crippen LogP contribution in [0.4, 0.5) is 0 Å². The zero-order valence-corrected chi connectivity index (χ0v) is 11.5. The molecule has 1 aromatic rings. The second-order valence-electron chi connectivity index (χ2n) is 4.84. The van der Waals surface area contributed by atoms with Crippen molar-refractivity contribution in [3.8, 4) is 0 Å². The van der Waals surface area contributed by atoms with Crippen LogP contribution in [0.5, 0.6) is 0 Å². The van der Waals surface area contributed by atoms with Gasteiger partial charge in [-0.2, -0.15) is 11.3 Å². The molecule has 3 atom stereocenters. The summed E-state index contributed by atoms with van der Waals surface area (Å²) in [4.78, 5) is 0. The van der Waals surface area contributed by atoms with Crippen LogP contribution in [0.3, 0.4) is 0 Å². The molecular formula is C13H23NOS. The summed E-state index contributed by atoms with van der Waals surface area (Å²) in [6.45, 7) is 9.15. The van der Waals surface area contributed by atoms with Gasteiger partial charge < -0.3 is 10.4 Å². The molecule has 3 heteroatoms. The fraction of sp³-hybridized carbons (Fsp3) is 0.692. The molecule has 0 aliphatic heterocycles. The molecule has 1 heterocycles. The van der Waals surface area contributed by atoms with Crippen LogP contribution in [0.25, 0.3) is 0 Å². The normalized spacial score (nSPS) is 19.1. The Morgan fingerprint density at radius 1 is 1.50 bits per heavy atom. The van der Waals surface area contributed by atoms with Gasteiger partial charge in [0.25, 0.3) is 0 Å². The van der Waals surface area contributed by atoms with Gasteiger partial charge in [-0.05, 0) is 42.7 Å². The van der Waals surface area contributed by atoms with E-state index in [1.54, 1.807) is 11.3 Å². The maximum absolute atomic E-state index is 9.78. The molecule has 0 radical (unpaired) electrons. The fourth-order valence-corrected chi connectivity index (χ4v) is 2.35. The van der Waals surface area contributed by atoms with Gasteiger partial charge in [-0.3, -0.25) is 0 Å². The lowest BCUT2D eigenvalue weighted by Crippen LogP contribution is -2.40. The zero-order chi connectivity index (χ0) is 12.2. The van der Waals surface area contributed by atoms with E-state index in [2.05, 4.69) is 42.9 Å². The lowest BCUT2D eigenvalue weighted by molar-refractivity contribution is 0.0473. The first-order valence-electron chi connectivity index (χ1n) is 5.93. The van der Waals surface area contributed by atoms with Crippen LogP contribution in [-0.2, 0) is 0 Å². The molecule has 0 saturated carbocycles. The Morgan fingerprint density at radius 3 is 2.62 bits per heavy atom. The summed E-state index contributed by atoms with van der Waals surface area (Å²) in [6.07, 6.45) is 0.702.